The minimum absolute atomic E-state index is 0.146. The Morgan fingerprint density at radius 3 is 2.46 bits per heavy atom. The molecule has 1 aromatic carbocycles. The number of aryl methyl sites for hydroxylation is 1. The zero-order valence-electron chi connectivity index (χ0n) is 15.2. The highest BCUT2D eigenvalue weighted by atomic mass is 16.2. The van der Waals surface area contributed by atoms with Crippen molar-refractivity contribution in [2.45, 2.75) is 12.5 Å². The summed E-state index contributed by atoms with van der Waals surface area (Å²) in [6.07, 6.45) is 3.15. The minimum atomic E-state index is -1.10. The number of nitrogens with one attached hydrogen (secondary N) is 1. The molecule has 2 heterocycles. The number of rotatable bonds is 7. The third-order valence-corrected chi connectivity index (χ3v) is 4.24. The summed E-state index contributed by atoms with van der Waals surface area (Å²) >= 11 is 0. The third kappa shape index (κ3) is 4.12. The number of amides is 2. The van der Waals surface area contributed by atoms with Crippen molar-refractivity contribution >= 4 is 17.6 Å². The molecule has 3 N–H and O–H groups in total. The Hall–Kier alpha value is -3.81. The summed E-state index contributed by atoms with van der Waals surface area (Å²) in [6, 6.07) is 13.3. The van der Waals surface area contributed by atoms with Gasteiger partial charge in [-0.3, -0.25) is 24.0 Å². The van der Waals surface area contributed by atoms with Gasteiger partial charge in [-0.05, 0) is 17.7 Å². The summed E-state index contributed by atoms with van der Waals surface area (Å²) in [5.41, 5.74) is 7.27. The van der Waals surface area contributed by atoms with Crippen molar-refractivity contribution in [3.63, 3.8) is 0 Å². The minimum Gasteiger partial charge on any atom is -0.363 e. The lowest BCUT2D eigenvalue weighted by Crippen LogP contribution is -2.47. The molecule has 3 rings (SSSR count). The summed E-state index contributed by atoms with van der Waals surface area (Å²) in [5, 5.41) is 6.74. The molecule has 142 valence electrons. The van der Waals surface area contributed by atoms with Gasteiger partial charge < -0.3 is 11.1 Å². The number of benzene rings is 1. The van der Waals surface area contributed by atoms with Crippen LogP contribution in [0.3, 0.4) is 0 Å². The van der Waals surface area contributed by atoms with Gasteiger partial charge >= 0.3 is 0 Å². The maximum absolute atomic E-state index is 12.9. The molecule has 0 saturated heterocycles. The Balaban J connectivity index is 1.89. The largest absolute Gasteiger partial charge is 0.363 e. The van der Waals surface area contributed by atoms with Gasteiger partial charge in [-0.25, -0.2) is 0 Å². The monoisotopic (exact) mass is 377 g/mol. The number of hydrogen-bond donors (Lipinski definition) is 2. The molecular weight excluding hydrogens is 358 g/mol. The number of ketones is 1. The summed E-state index contributed by atoms with van der Waals surface area (Å²) in [6.45, 7) is 0. The van der Waals surface area contributed by atoms with E-state index in [0.717, 1.165) is 5.56 Å². The van der Waals surface area contributed by atoms with Crippen molar-refractivity contribution in [2.24, 2.45) is 12.8 Å². The van der Waals surface area contributed by atoms with Crippen LogP contribution < -0.4 is 11.1 Å². The maximum atomic E-state index is 12.9. The van der Waals surface area contributed by atoms with E-state index in [9.17, 15) is 14.4 Å². The fourth-order valence-corrected chi connectivity index (χ4v) is 2.88. The van der Waals surface area contributed by atoms with Gasteiger partial charge in [-0.1, -0.05) is 36.4 Å². The van der Waals surface area contributed by atoms with Gasteiger partial charge in [-0.15, -0.1) is 0 Å². The predicted octanol–water partition coefficient (Wildman–Crippen LogP) is 0.878. The third-order valence-electron chi connectivity index (χ3n) is 4.24. The fraction of sp³-hybridized carbons (Fsp3) is 0.150. The van der Waals surface area contributed by atoms with Gasteiger partial charge in [0.25, 0.3) is 11.8 Å². The lowest BCUT2D eigenvalue weighted by Gasteiger charge is -2.16. The van der Waals surface area contributed by atoms with E-state index in [2.05, 4.69) is 15.4 Å². The van der Waals surface area contributed by atoms with E-state index in [1.54, 1.807) is 43.6 Å². The van der Waals surface area contributed by atoms with Gasteiger partial charge in [0, 0.05) is 19.7 Å². The molecule has 0 saturated carbocycles. The molecule has 3 aromatic rings. The van der Waals surface area contributed by atoms with Crippen LogP contribution in [0.5, 0.6) is 0 Å². The van der Waals surface area contributed by atoms with Crippen molar-refractivity contribution < 1.29 is 14.4 Å². The molecule has 0 fully saturated rings. The average molecular weight is 377 g/mol. The molecule has 0 radical (unpaired) electrons. The smallest absolute Gasteiger partial charge is 0.287 e. The molecule has 0 bridgehead atoms. The molecule has 0 unspecified atom stereocenters. The van der Waals surface area contributed by atoms with Crippen LogP contribution >= 0.6 is 0 Å². The average Bonchev–Trinajstić information content (AvgIpc) is 3.09. The molecular formula is C20H19N5O3. The number of aromatic nitrogens is 3. The van der Waals surface area contributed by atoms with Gasteiger partial charge in [0.2, 0.25) is 5.78 Å². The van der Waals surface area contributed by atoms with Crippen LogP contribution in [0.25, 0.3) is 11.4 Å². The highest BCUT2D eigenvalue weighted by molar-refractivity contribution is 6.38. The van der Waals surface area contributed by atoms with Gasteiger partial charge in [-0.2, -0.15) is 5.10 Å². The highest BCUT2D eigenvalue weighted by Gasteiger charge is 2.28. The van der Waals surface area contributed by atoms with Gasteiger partial charge in [0.1, 0.15) is 6.04 Å². The number of carbonyl (C=O) groups is 3. The number of nitrogens with zero attached hydrogens (tertiary/aromatic N) is 3. The topological polar surface area (TPSA) is 120 Å². The van der Waals surface area contributed by atoms with E-state index >= 15 is 0 Å². The van der Waals surface area contributed by atoms with Crippen LogP contribution in [-0.2, 0) is 23.1 Å². The van der Waals surface area contributed by atoms with E-state index in [-0.39, 0.29) is 12.0 Å². The number of pyridine rings is 1. The van der Waals surface area contributed by atoms with Crippen molar-refractivity contribution in [1.29, 1.82) is 0 Å². The van der Waals surface area contributed by atoms with Crippen molar-refractivity contribution in [3.8, 4) is 11.4 Å². The molecule has 8 heteroatoms. The zero-order valence-corrected chi connectivity index (χ0v) is 15.2. The van der Waals surface area contributed by atoms with Crippen LogP contribution in [-0.4, -0.2) is 38.4 Å². The molecule has 0 aliphatic carbocycles. The SMILES string of the molecule is Cn1ncc(C(=O)N[C@@H](Cc2ccccc2)C(=O)C(N)=O)c1-c1ccccn1. The fourth-order valence-electron chi connectivity index (χ4n) is 2.88. The van der Waals surface area contributed by atoms with E-state index < -0.39 is 23.6 Å². The summed E-state index contributed by atoms with van der Waals surface area (Å²) in [4.78, 5) is 40.8. The first-order chi connectivity index (χ1) is 13.5. The van der Waals surface area contributed by atoms with Crippen molar-refractivity contribution in [1.82, 2.24) is 20.1 Å². The summed E-state index contributed by atoms with van der Waals surface area (Å²) < 4.78 is 1.53. The Morgan fingerprint density at radius 2 is 1.82 bits per heavy atom. The van der Waals surface area contributed by atoms with Gasteiger partial charge in [0.05, 0.1) is 23.1 Å². The maximum Gasteiger partial charge on any atom is 0.287 e. The lowest BCUT2D eigenvalue weighted by atomic mass is 10.0. The molecule has 2 amide bonds. The standard InChI is InChI=1S/C20H19N5O3/c1-25-17(15-9-5-6-10-22-15)14(12-23-25)20(28)24-16(18(26)19(21)27)11-13-7-3-2-4-8-13/h2-10,12,16H,11H2,1H3,(H2,21,27)(H,24,28)/t16-/m0/s1. The number of hydrogen-bond acceptors (Lipinski definition) is 5. The first-order valence-corrected chi connectivity index (χ1v) is 8.59. The molecule has 0 spiro atoms. The summed E-state index contributed by atoms with van der Waals surface area (Å²) in [5.74, 6) is -2.50. The van der Waals surface area contributed by atoms with E-state index in [1.807, 2.05) is 18.2 Å². The quantitative estimate of drug-likeness (QED) is 0.592. The van der Waals surface area contributed by atoms with E-state index in [4.69, 9.17) is 5.73 Å². The van der Waals surface area contributed by atoms with E-state index in [0.29, 0.717) is 11.4 Å². The molecule has 8 nitrogen and oxygen atoms in total. The lowest BCUT2D eigenvalue weighted by molar-refractivity contribution is -0.137. The van der Waals surface area contributed by atoms with Crippen LogP contribution in [0.1, 0.15) is 15.9 Å². The Morgan fingerprint density at radius 1 is 1.11 bits per heavy atom. The molecule has 1 atom stereocenters. The highest BCUT2D eigenvalue weighted by Crippen LogP contribution is 2.21. The molecule has 2 aromatic heterocycles. The Bertz CT molecular complexity index is 999. The zero-order chi connectivity index (χ0) is 20.1. The second-order valence-electron chi connectivity index (χ2n) is 6.19. The number of primary amides is 1. The van der Waals surface area contributed by atoms with Crippen LogP contribution in [0.2, 0.25) is 0 Å². The van der Waals surface area contributed by atoms with E-state index in [1.165, 1.54) is 10.9 Å². The van der Waals surface area contributed by atoms with Crippen LogP contribution in [0.15, 0.2) is 60.9 Å². The molecule has 0 aliphatic rings. The van der Waals surface area contributed by atoms with Crippen LogP contribution in [0, 0.1) is 0 Å². The number of nitrogens with two attached hydrogens (primary N) is 1. The van der Waals surface area contributed by atoms with Crippen molar-refractivity contribution in [3.05, 3.63) is 72.1 Å². The van der Waals surface area contributed by atoms with Crippen LogP contribution in [0.4, 0.5) is 0 Å². The Kier molecular flexibility index (Phi) is 5.59. The second kappa shape index (κ2) is 8.26. The normalized spacial score (nSPS) is 11.6. The number of Topliss-reactive ketones (excluding diaryl/α,β-unsaturated/α-hetero) is 1. The first-order valence-electron chi connectivity index (χ1n) is 8.59. The predicted molar refractivity (Wildman–Crippen MR) is 102 cm³/mol. The summed E-state index contributed by atoms with van der Waals surface area (Å²) in [7, 11) is 1.69. The molecule has 0 aliphatic heterocycles. The number of carbonyl (C=O) groups excluding carboxylic acids is 3. The Labute approximate surface area is 161 Å². The van der Waals surface area contributed by atoms with Gasteiger partial charge in [0.15, 0.2) is 0 Å². The molecule has 28 heavy (non-hydrogen) atoms. The second-order valence-corrected chi connectivity index (χ2v) is 6.19. The van der Waals surface area contributed by atoms with Crippen molar-refractivity contribution in [2.75, 3.05) is 0 Å². The first kappa shape index (κ1) is 19.0.